The molecule has 0 aromatic heterocycles. The summed E-state index contributed by atoms with van der Waals surface area (Å²) < 4.78 is 0. The molecule has 6 heteroatoms. The maximum Gasteiger partial charge on any atom is 0.320 e. The molecule has 2 fully saturated rings. The minimum atomic E-state index is -0.822. The topological polar surface area (TPSA) is 60.9 Å². The summed E-state index contributed by atoms with van der Waals surface area (Å²) in [4.78, 5) is 27.1. The van der Waals surface area contributed by atoms with Gasteiger partial charge in [-0.15, -0.1) is 0 Å². The highest BCUT2D eigenvalue weighted by Crippen LogP contribution is 2.23. The van der Waals surface area contributed by atoms with Gasteiger partial charge < -0.3 is 14.9 Å². The fourth-order valence-corrected chi connectivity index (χ4v) is 3.88. The fourth-order valence-electron chi connectivity index (χ4n) is 2.82. The van der Waals surface area contributed by atoms with Gasteiger partial charge in [0.2, 0.25) is 0 Å². The van der Waals surface area contributed by atoms with Crippen LogP contribution in [0, 0.1) is 5.92 Å². The van der Waals surface area contributed by atoms with Gasteiger partial charge in [-0.3, -0.25) is 4.79 Å². The molecule has 0 radical (unpaired) electrons. The zero-order valence-corrected chi connectivity index (χ0v) is 12.2. The van der Waals surface area contributed by atoms with Gasteiger partial charge in [0.05, 0.1) is 12.5 Å². The van der Waals surface area contributed by atoms with Gasteiger partial charge in [-0.1, -0.05) is 6.92 Å². The Morgan fingerprint density at radius 3 is 2.84 bits per heavy atom. The van der Waals surface area contributed by atoms with E-state index in [0.29, 0.717) is 12.5 Å². The second kappa shape index (κ2) is 6.50. The van der Waals surface area contributed by atoms with Crippen molar-refractivity contribution in [3.8, 4) is 0 Å². The minimum Gasteiger partial charge on any atom is -0.481 e. The van der Waals surface area contributed by atoms with Crippen LogP contribution in [0.25, 0.3) is 0 Å². The number of carboxylic acid groups (broad SMARTS) is 1. The third-order valence-electron chi connectivity index (χ3n) is 3.81. The second-order valence-corrected chi connectivity index (χ2v) is 6.65. The van der Waals surface area contributed by atoms with Crippen LogP contribution in [0.4, 0.5) is 4.79 Å². The molecule has 2 amide bonds. The number of nitrogens with zero attached hydrogens (tertiary/aromatic N) is 2. The number of carbonyl (C=O) groups is 2. The summed E-state index contributed by atoms with van der Waals surface area (Å²) in [6, 6.07) is -0.112. The maximum atomic E-state index is 12.5. The number of carboxylic acids is 1. The Kier molecular flexibility index (Phi) is 4.96. The molecule has 2 saturated heterocycles. The first-order valence-electron chi connectivity index (χ1n) is 6.93. The normalized spacial score (nSPS) is 28.3. The van der Waals surface area contributed by atoms with Gasteiger partial charge in [0.1, 0.15) is 0 Å². The van der Waals surface area contributed by atoms with E-state index in [9.17, 15) is 9.59 Å². The van der Waals surface area contributed by atoms with Crippen LogP contribution in [0.5, 0.6) is 0 Å². The van der Waals surface area contributed by atoms with Gasteiger partial charge in [0.25, 0.3) is 0 Å². The number of likely N-dealkylation sites (tertiary alicyclic amines) is 1. The van der Waals surface area contributed by atoms with Crippen molar-refractivity contribution in [2.45, 2.75) is 32.2 Å². The average molecular weight is 286 g/mol. The molecule has 108 valence electrons. The van der Waals surface area contributed by atoms with Crippen molar-refractivity contribution in [3.05, 3.63) is 0 Å². The van der Waals surface area contributed by atoms with E-state index >= 15 is 0 Å². The van der Waals surface area contributed by atoms with Crippen LogP contribution in [0.15, 0.2) is 0 Å². The van der Waals surface area contributed by atoms with Crippen LogP contribution in [0.1, 0.15) is 26.2 Å². The van der Waals surface area contributed by atoms with Gasteiger partial charge in [0.15, 0.2) is 0 Å². The third-order valence-corrected chi connectivity index (χ3v) is 4.90. The number of hydrogen-bond acceptors (Lipinski definition) is 3. The smallest absolute Gasteiger partial charge is 0.320 e. The summed E-state index contributed by atoms with van der Waals surface area (Å²) in [6.07, 6.45) is 2.29. The van der Waals surface area contributed by atoms with Crippen LogP contribution >= 0.6 is 11.8 Å². The number of urea groups is 1. The van der Waals surface area contributed by atoms with Crippen molar-refractivity contribution in [3.63, 3.8) is 0 Å². The molecule has 1 N–H and O–H groups in total. The summed E-state index contributed by atoms with van der Waals surface area (Å²) in [5.74, 6) is 1.37. The van der Waals surface area contributed by atoms with Gasteiger partial charge in [-0.25, -0.2) is 4.79 Å². The Labute approximate surface area is 118 Å². The van der Waals surface area contributed by atoms with Gasteiger partial charge in [0, 0.05) is 31.1 Å². The predicted octanol–water partition coefficient (Wildman–Crippen LogP) is 1.73. The number of aliphatic carboxylic acids is 1. The Morgan fingerprint density at radius 2 is 2.16 bits per heavy atom. The lowest BCUT2D eigenvalue weighted by atomic mass is 10.0. The van der Waals surface area contributed by atoms with E-state index in [2.05, 4.69) is 6.92 Å². The van der Waals surface area contributed by atoms with Gasteiger partial charge in [-0.2, -0.15) is 11.8 Å². The number of thioether (sulfide) groups is 1. The Morgan fingerprint density at radius 1 is 1.37 bits per heavy atom. The predicted molar refractivity (Wildman–Crippen MR) is 75.4 cm³/mol. The summed E-state index contributed by atoms with van der Waals surface area (Å²) in [5, 5.41) is 8.96. The number of carbonyl (C=O) groups excluding carboxylic acids is 1. The molecule has 2 unspecified atom stereocenters. The molecule has 2 rings (SSSR count). The second-order valence-electron chi connectivity index (χ2n) is 5.50. The first-order chi connectivity index (χ1) is 9.08. The first-order valence-corrected chi connectivity index (χ1v) is 8.08. The van der Waals surface area contributed by atoms with E-state index in [1.54, 1.807) is 16.7 Å². The molecule has 0 aromatic rings. The van der Waals surface area contributed by atoms with Gasteiger partial charge in [-0.05, 0) is 18.8 Å². The number of rotatable bonds is 2. The quantitative estimate of drug-likeness (QED) is 0.840. The molecule has 5 nitrogen and oxygen atoms in total. The number of hydrogen-bond donors (Lipinski definition) is 1. The van der Waals surface area contributed by atoms with Crippen LogP contribution in [-0.4, -0.2) is 64.1 Å². The molecule has 2 atom stereocenters. The van der Waals surface area contributed by atoms with E-state index in [1.807, 2.05) is 4.90 Å². The van der Waals surface area contributed by atoms with E-state index in [4.69, 9.17) is 5.11 Å². The molecular weight excluding hydrogens is 264 g/mol. The van der Waals surface area contributed by atoms with Crippen molar-refractivity contribution in [1.29, 1.82) is 0 Å². The fraction of sp³-hybridized carbons (Fsp3) is 0.846. The molecule has 2 heterocycles. The molecule has 2 aliphatic rings. The molecule has 0 spiro atoms. The SMILES string of the molecule is CC1CCCN(C(=O)N2CCSCC2CC(=O)O)C1. The van der Waals surface area contributed by atoms with Gasteiger partial charge >= 0.3 is 12.0 Å². The summed E-state index contributed by atoms with van der Waals surface area (Å²) in [5.41, 5.74) is 0. The van der Waals surface area contributed by atoms with Crippen molar-refractivity contribution in [2.75, 3.05) is 31.1 Å². The molecule has 0 aliphatic carbocycles. The van der Waals surface area contributed by atoms with Crippen LogP contribution in [0.3, 0.4) is 0 Å². The largest absolute Gasteiger partial charge is 0.481 e. The Balaban J connectivity index is 2.00. The summed E-state index contributed by atoms with van der Waals surface area (Å²) in [6.45, 7) is 4.46. The van der Waals surface area contributed by atoms with E-state index in [-0.39, 0.29) is 18.5 Å². The highest BCUT2D eigenvalue weighted by atomic mass is 32.2. The molecule has 19 heavy (non-hydrogen) atoms. The molecule has 0 bridgehead atoms. The van der Waals surface area contributed by atoms with Crippen LogP contribution in [-0.2, 0) is 4.79 Å². The lowest BCUT2D eigenvalue weighted by Crippen LogP contribution is -2.54. The van der Waals surface area contributed by atoms with Crippen LogP contribution in [0.2, 0.25) is 0 Å². The van der Waals surface area contributed by atoms with E-state index in [0.717, 1.165) is 31.0 Å². The zero-order chi connectivity index (χ0) is 13.8. The minimum absolute atomic E-state index is 0.0399. The maximum absolute atomic E-state index is 12.5. The Bertz CT molecular complexity index is 351. The first kappa shape index (κ1) is 14.5. The van der Waals surface area contributed by atoms with Crippen molar-refractivity contribution < 1.29 is 14.7 Å². The molecule has 0 saturated carbocycles. The van der Waals surface area contributed by atoms with Crippen molar-refractivity contribution in [1.82, 2.24) is 9.80 Å². The van der Waals surface area contributed by atoms with Crippen LogP contribution < -0.4 is 0 Å². The molecule has 0 aromatic carbocycles. The monoisotopic (exact) mass is 286 g/mol. The summed E-state index contributed by atoms with van der Waals surface area (Å²) in [7, 11) is 0. The number of piperidine rings is 1. The molecule has 2 aliphatic heterocycles. The van der Waals surface area contributed by atoms with Crippen molar-refractivity contribution in [2.24, 2.45) is 5.92 Å². The highest BCUT2D eigenvalue weighted by Gasteiger charge is 2.32. The van der Waals surface area contributed by atoms with E-state index in [1.165, 1.54) is 6.42 Å². The third kappa shape index (κ3) is 3.78. The van der Waals surface area contributed by atoms with E-state index < -0.39 is 5.97 Å². The average Bonchev–Trinajstić information content (AvgIpc) is 2.38. The van der Waals surface area contributed by atoms with Crippen molar-refractivity contribution >= 4 is 23.8 Å². The number of amides is 2. The Hall–Kier alpha value is -0.910. The molecular formula is C13H22N2O3S. The highest BCUT2D eigenvalue weighted by molar-refractivity contribution is 7.99. The summed E-state index contributed by atoms with van der Waals surface area (Å²) >= 11 is 1.74. The lowest BCUT2D eigenvalue weighted by molar-refractivity contribution is -0.138. The standard InChI is InChI=1S/C13H22N2O3S/c1-10-3-2-4-14(8-10)13(18)15-5-6-19-9-11(15)7-12(16)17/h10-11H,2-9H2,1H3,(H,16,17). The lowest BCUT2D eigenvalue weighted by Gasteiger charge is -2.40. The zero-order valence-electron chi connectivity index (χ0n) is 11.4.